The van der Waals surface area contributed by atoms with Crippen molar-refractivity contribution in [2.45, 2.75) is 19.3 Å². The summed E-state index contributed by atoms with van der Waals surface area (Å²) >= 11 is 1.62. The van der Waals surface area contributed by atoms with Gasteiger partial charge in [-0.15, -0.1) is 11.3 Å². The minimum Gasteiger partial charge on any atom is -0.339 e. The van der Waals surface area contributed by atoms with Gasteiger partial charge in [0.15, 0.2) is 0 Å². The van der Waals surface area contributed by atoms with Crippen molar-refractivity contribution in [3.8, 4) is 10.4 Å². The molecule has 1 aliphatic rings. The number of carbonyl (C=O) groups is 1. The van der Waals surface area contributed by atoms with Crippen LogP contribution in [0, 0.1) is 0 Å². The van der Waals surface area contributed by atoms with Gasteiger partial charge in [-0.3, -0.25) is 9.78 Å². The number of thiophene rings is 1. The van der Waals surface area contributed by atoms with E-state index < -0.39 is 0 Å². The average Bonchev–Trinajstić information content (AvgIpc) is 2.98. The standard InChI is InChI=1S/C15H16N2OS/c18-15(17-8-2-1-3-9-17)13-10-14(19-11-13)12-4-6-16-7-5-12/h4-7,10-11H,1-3,8-9H2. The van der Waals surface area contributed by atoms with Gasteiger partial charge in [0.2, 0.25) is 0 Å². The van der Waals surface area contributed by atoms with Gasteiger partial charge in [-0.2, -0.15) is 0 Å². The molecule has 2 aromatic rings. The van der Waals surface area contributed by atoms with Crippen LogP contribution in [-0.4, -0.2) is 28.9 Å². The van der Waals surface area contributed by atoms with Crippen LogP contribution in [0.4, 0.5) is 0 Å². The van der Waals surface area contributed by atoms with Crippen LogP contribution in [0.5, 0.6) is 0 Å². The van der Waals surface area contributed by atoms with Crippen molar-refractivity contribution in [2.24, 2.45) is 0 Å². The number of rotatable bonds is 2. The van der Waals surface area contributed by atoms with Crippen LogP contribution in [0.3, 0.4) is 0 Å². The van der Waals surface area contributed by atoms with Crippen molar-refractivity contribution in [2.75, 3.05) is 13.1 Å². The second-order valence-corrected chi connectivity index (χ2v) is 5.70. The third-order valence-electron chi connectivity index (χ3n) is 3.45. The molecule has 1 aliphatic heterocycles. The average molecular weight is 272 g/mol. The van der Waals surface area contributed by atoms with E-state index in [9.17, 15) is 4.79 Å². The predicted molar refractivity (Wildman–Crippen MR) is 77.3 cm³/mol. The quantitative estimate of drug-likeness (QED) is 0.839. The fourth-order valence-corrected chi connectivity index (χ4v) is 3.29. The topological polar surface area (TPSA) is 33.2 Å². The Morgan fingerprint density at radius 3 is 2.63 bits per heavy atom. The van der Waals surface area contributed by atoms with E-state index in [1.807, 2.05) is 28.5 Å². The number of likely N-dealkylation sites (tertiary alicyclic amines) is 1. The van der Waals surface area contributed by atoms with Gasteiger partial charge in [0.1, 0.15) is 0 Å². The fourth-order valence-electron chi connectivity index (χ4n) is 2.40. The normalized spacial score (nSPS) is 15.5. The lowest BCUT2D eigenvalue weighted by Gasteiger charge is -2.26. The van der Waals surface area contributed by atoms with E-state index in [2.05, 4.69) is 4.98 Å². The molecule has 0 N–H and O–H groups in total. The SMILES string of the molecule is O=C(c1csc(-c2ccncc2)c1)N1CCCCC1. The van der Waals surface area contributed by atoms with Crippen molar-refractivity contribution in [1.82, 2.24) is 9.88 Å². The molecule has 3 rings (SSSR count). The second-order valence-electron chi connectivity index (χ2n) is 4.79. The Morgan fingerprint density at radius 1 is 1.16 bits per heavy atom. The molecule has 0 aliphatic carbocycles. The highest BCUT2D eigenvalue weighted by molar-refractivity contribution is 7.13. The van der Waals surface area contributed by atoms with Crippen molar-refractivity contribution >= 4 is 17.2 Å². The number of aromatic nitrogens is 1. The summed E-state index contributed by atoms with van der Waals surface area (Å²) in [4.78, 5) is 19.5. The van der Waals surface area contributed by atoms with Crippen LogP contribution >= 0.6 is 11.3 Å². The van der Waals surface area contributed by atoms with E-state index in [1.165, 1.54) is 6.42 Å². The first-order valence-electron chi connectivity index (χ1n) is 6.63. The van der Waals surface area contributed by atoms with Crippen molar-refractivity contribution in [1.29, 1.82) is 0 Å². The Morgan fingerprint density at radius 2 is 1.89 bits per heavy atom. The summed E-state index contributed by atoms with van der Waals surface area (Å²) in [5, 5.41) is 1.96. The molecular formula is C15H16N2OS. The number of piperidine rings is 1. The smallest absolute Gasteiger partial charge is 0.254 e. The zero-order chi connectivity index (χ0) is 13.1. The molecule has 0 atom stereocenters. The number of hydrogen-bond donors (Lipinski definition) is 0. The highest BCUT2D eigenvalue weighted by Gasteiger charge is 2.19. The zero-order valence-electron chi connectivity index (χ0n) is 10.7. The monoisotopic (exact) mass is 272 g/mol. The lowest BCUT2D eigenvalue weighted by Crippen LogP contribution is -2.35. The molecule has 3 heterocycles. The summed E-state index contributed by atoms with van der Waals surface area (Å²) in [7, 11) is 0. The summed E-state index contributed by atoms with van der Waals surface area (Å²) in [6, 6.07) is 5.94. The first kappa shape index (κ1) is 12.4. The summed E-state index contributed by atoms with van der Waals surface area (Å²) in [6.07, 6.45) is 7.07. The van der Waals surface area contributed by atoms with Crippen molar-refractivity contribution in [3.63, 3.8) is 0 Å². The number of nitrogens with zero attached hydrogens (tertiary/aromatic N) is 2. The molecular weight excluding hydrogens is 256 g/mol. The van der Waals surface area contributed by atoms with Gasteiger partial charge in [0.05, 0.1) is 5.56 Å². The largest absolute Gasteiger partial charge is 0.339 e. The van der Waals surface area contributed by atoms with Crippen molar-refractivity contribution in [3.05, 3.63) is 41.5 Å². The molecule has 3 nitrogen and oxygen atoms in total. The number of hydrogen-bond acceptors (Lipinski definition) is 3. The molecule has 0 radical (unpaired) electrons. The molecule has 1 amide bonds. The van der Waals surface area contributed by atoms with Gasteiger partial charge in [0.25, 0.3) is 5.91 Å². The Kier molecular flexibility index (Phi) is 3.60. The molecule has 2 aromatic heterocycles. The van der Waals surface area contributed by atoms with Crippen LogP contribution in [0.25, 0.3) is 10.4 Å². The lowest BCUT2D eigenvalue weighted by molar-refractivity contribution is 0.0725. The molecule has 0 unspecified atom stereocenters. The van der Waals surface area contributed by atoms with Gasteiger partial charge in [-0.05, 0) is 43.0 Å². The Hall–Kier alpha value is -1.68. The van der Waals surface area contributed by atoms with E-state index in [1.54, 1.807) is 23.7 Å². The van der Waals surface area contributed by atoms with Gasteiger partial charge >= 0.3 is 0 Å². The first-order valence-corrected chi connectivity index (χ1v) is 7.51. The third-order valence-corrected chi connectivity index (χ3v) is 4.43. The Labute approximate surface area is 116 Å². The molecule has 1 saturated heterocycles. The maximum absolute atomic E-state index is 12.4. The highest BCUT2D eigenvalue weighted by atomic mass is 32.1. The minimum atomic E-state index is 0.177. The van der Waals surface area contributed by atoms with Crippen LogP contribution < -0.4 is 0 Å². The van der Waals surface area contributed by atoms with E-state index >= 15 is 0 Å². The van der Waals surface area contributed by atoms with Crippen LogP contribution in [-0.2, 0) is 0 Å². The van der Waals surface area contributed by atoms with Gasteiger partial charge in [-0.1, -0.05) is 0 Å². The summed E-state index contributed by atoms with van der Waals surface area (Å²) < 4.78 is 0. The van der Waals surface area contributed by atoms with Gasteiger partial charge < -0.3 is 4.90 Å². The van der Waals surface area contributed by atoms with E-state index in [-0.39, 0.29) is 5.91 Å². The van der Waals surface area contributed by atoms with E-state index in [0.717, 1.165) is 41.9 Å². The lowest BCUT2D eigenvalue weighted by atomic mass is 10.1. The first-order chi connectivity index (χ1) is 9.34. The second kappa shape index (κ2) is 5.53. The third kappa shape index (κ3) is 2.68. The highest BCUT2D eigenvalue weighted by Crippen LogP contribution is 2.27. The molecule has 0 saturated carbocycles. The molecule has 0 aromatic carbocycles. The molecule has 0 spiro atoms. The maximum Gasteiger partial charge on any atom is 0.254 e. The number of carbonyl (C=O) groups excluding carboxylic acids is 1. The predicted octanol–water partition coefficient (Wildman–Crippen LogP) is 3.44. The van der Waals surface area contributed by atoms with Crippen molar-refractivity contribution < 1.29 is 4.79 Å². The molecule has 19 heavy (non-hydrogen) atoms. The Balaban J connectivity index is 1.79. The maximum atomic E-state index is 12.4. The number of pyridine rings is 1. The molecule has 1 fully saturated rings. The Bertz CT molecular complexity index is 559. The summed E-state index contributed by atoms with van der Waals surface area (Å²) in [5.74, 6) is 0.177. The van der Waals surface area contributed by atoms with E-state index in [0.29, 0.717) is 0 Å². The van der Waals surface area contributed by atoms with E-state index in [4.69, 9.17) is 0 Å². The van der Waals surface area contributed by atoms with Crippen LogP contribution in [0.1, 0.15) is 29.6 Å². The minimum absolute atomic E-state index is 0.177. The fraction of sp³-hybridized carbons (Fsp3) is 0.333. The van der Waals surface area contributed by atoms with Gasteiger partial charge in [-0.25, -0.2) is 0 Å². The summed E-state index contributed by atoms with van der Waals surface area (Å²) in [6.45, 7) is 1.80. The van der Waals surface area contributed by atoms with Crippen LogP contribution in [0.15, 0.2) is 36.0 Å². The number of amides is 1. The molecule has 0 bridgehead atoms. The zero-order valence-corrected chi connectivity index (χ0v) is 11.5. The molecule has 98 valence electrons. The van der Waals surface area contributed by atoms with Crippen LogP contribution in [0.2, 0.25) is 0 Å². The molecule has 4 heteroatoms. The summed E-state index contributed by atoms with van der Waals surface area (Å²) in [5.41, 5.74) is 1.94. The van der Waals surface area contributed by atoms with Gasteiger partial charge in [0, 0.05) is 35.7 Å².